The number of nitrogens with two attached hydrogens (primary N) is 1. The van der Waals surface area contributed by atoms with Crippen molar-refractivity contribution in [3.63, 3.8) is 0 Å². The van der Waals surface area contributed by atoms with Gasteiger partial charge in [0.1, 0.15) is 0 Å². The van der Waals surface area contributed by atoms with Gasteiger partial charge in [0.05, 0.1) is 10.2 Å². The van der Waals surface area contributed by atoms with Crippen LogP contribution in [0.3, 0.4) is 0 Å². The molecule has 0 aliphatic rings. The van der Waals surface area contributed by atoms with Gasteiger partial charge in [0.25, 0.3) is 0 Å². The molecule has 1 aromatic carbocycles. The summed E-state index contributed by atoms with van der Waals surface area (Å²) in [6.45, 7) is 4.42. The molecule has 4 heteroatoms. The molecule has 0 aliphatic heterocycles. The largest absolute Gasteiger partial charge is 0.300 e. The Balaban J connectivity index is 2.59. The van der Waals surface area contributed by atoms with Crippen molar-refractivity contribution in [2.24, 2.45) is 5.84 Å². The lowest BCUT2D eigenvalue weighted by Crippen LogP contribution is -2.05. The molecule has 80 valence electrons. The van der Waals surface area contributed by atoms with Crippen LogP contribution in [0.5, 0.6) is 0 Å². The molecule has 1 atom stereocenters. The maximum Gasteiger partial charge on any atom is 0.198 e. The highest BCUT2D eigenvalue weighted by molar-refractivity contribution is 7.22. The Labute approximate surface area is 93.3 Å². The number of aromatic nitrogens is 1. The van der Waals surface area contributed by atoms with Crippen LogP contribution in [0.15, 0.2) is 18.2 Å². The van der Waals surface area contributed by atoms with Crippen molar-refractivity contribution in [3.8, 4) is 0 Å². The minimum Gasteiger partial charge on any atom is -0.300 e. The average Bonchev–Trinajstić information content (AvgIpc) is 2.70. The van der Waals surface area contributed by atoms with Crippen LogP contribution in [0.4, 0.5) is 5.13 Å². The fourth-order valence-electron chi connectivity index (χ4n) is 1.65. The monoisotopic (exact) mass is 221 g/mol. The predicted octanol–water partition coefficient (Wildman–Crippen LogP) is 3.10. The molecule has 0 unspecified atom stereocenters. The molecule has 2 rings (SSSR count). The summed E-state index contributed by atoms with van der Waals surface area (Å²) in [5.41, 5.74) is 5.01. The first kappa shape index (κ1) is 10.4. The van der Waals surface area contributed by atoms with E-state index >= 15 is 0 Å². The van der Waals surface area contributed by atoms with E-state index in [-0.39, 0.29) is 0 Å². The molecular weight excluding hydrogens is 206 g/mol. The molecule has 2 aromatic rings. The summed E-state index contributed by atoms with van der Waals surface area (Å²) >= 11 is 1.59. The zero-order valence-corrected chi connectivity index (χ0v) is 9.77. The van der Waals surface area contributed by atoms with Crippen LogP contribution in [0, 0.1) is 0 Å². The van der Waals surface area contributed by atoms with Gasteiger partial charge >= 0.3 is 0 Å². The number of nitrogens with one attached hydrogen (secondary N) is 1. The Hall–Kier alpha value is -1.13. The van der Waals surface area contributed by atoms with Crippen LogP contribution in [-0.2, 0) is 0 Å². The van der Waals surface area contributed by atoms with Crippen LogP contribution in [-0.4, -0.2) is 4.98 Å². The van der Waals surface area contributed by atoms with E-state index in [0.717, 1.165) is 17.1 Å². The van der Waals surface area contributed by atoms with Gasteiger partial charge in [-0.15, -0.1) is 0 Å². The summed E-state index contributed by atoms with van der Waals surface area (Å²) in [5.74, 6) is 5.91. The predicted molar refractivity (Wildman–Crippen MR) is 66.1 cm³/mol. The van der Waals surface area contributed by atoms with Crippen molar-refractivity contribution in [3.05, 3.63) is 23.8 Å². The lowest BCUT2D eigenvalue weighted by molar-refractivity contribution is 0.738. The van der Waals surface area contributed by atoms with Gasteiger partial charge < -0.3 is 0 Å². The Morgan fingerprint density at radius 3 is 3.00 bits per heavy atom. The quantitative estimate of drug-likeness (QED) is 0.618. The van der Waals surface area contributed by atoms with E-state index in [1.807, 2.05) is 0 Å². The SMILES string of the molecule is CC[C@H](C)c1cccc2sc(NN)nc12. The third kappa shape index (κ3) is 1.82. The summed E-state index contributed by atoms with van der Waals surface area (Å²) in [6.07, 6.45) is 1.13. The zero-order valence-electron chi connectivity index (χ0n) is 8.95. The number of nitrogens with zero attached hydrogens (tertiary/aromatic N) is 1. The minimum atomic E-state index is 0.543. The van der Waals surface area contributed by atoms with Gasteiger partial charge in [0, 0.05) is 0 Å². The van der Waals surface area contributed by atoms with Gasteiger partial charge in [0.15, 0.2) is 5.13 Å². The summed E-state index contributed by atoms with van der Waals surface area (Å²) in [6, 6.07) is 6.32. The number of nitrogen functional groups attached to an aromatic ring is 1. The van der Waals surface area contributed by atoms with Crippen molar-refractivity contribution in [1.29, 1.82) is 0 Å². The van der Waals surface area contributed by atoms with Gasteiger partial charge in [-0.1, -0.05) is 37.3 Å². The van der Waals surface area contributed by atoms with E-state index < -0.39 is 0 Å². The Morgan fingerprint density at radius 2 is 2.33 bits per heavy atom. The van der Waals surface area contributed by atoms with Gasteiger partial charge in [-0.3, -0.25) is 5.43 Å². The van der Waals surface area contributed by atoms with Crippen LogP contribution in [0.2, 0.25) is 0 Å². The van der Waals surface area contributed by atoms with Crippen molar-refractivity contribution >= 4 is 26.7 Å². The average molecular weight is 221 g/mol. The molecule has 0 saturated heterocycles. The Kier molecular flexibility index (Phi) is 2.88. The van der Waals surface area contributed by atoms with E-state index in [4.69, 9.17) is 5.84 Å². The van der Waals surface area contributed by atoms with E-state index in [1.165, 1.54) is 10.3 Å². The number of thiazole rings is 1. The molecule has 0 fully saturated rings. The van der Waals surface area contributed by atoms with Crippen LogP contribution in [0.25, 0.3) is 10.2 Å². The number of rotatable bonds is 3. The first-order chi connectivity index (χ1) is 7.26. The smallest absolute Gasteiger partial charge is 0.198 e. The number of hydrazine groups is 1. The molecule has 0 bridgehead atoms. The molecule has 1 aromatic heterocycles. The first-order valence-corrected chi connectivity index (χ1v) is 5.94. The topological polar surface area (TPSA) is 50.9 Å². The second kappa shape index (κ2) is 4.16. The number of hydrogen-bond donors (Lipinski definition) is 2. The number of hydrogen-bond acceptors (Lipinski definition) is 4. The molecule has 3 N–H and O–H groups in total. The van der Waals surface area contributed by atoms with Gasteiger partial charge in [0.2, 0.25) is 0 Å². The second-order valence-corrected chi connectivity index (χ2v) is 4.70. The van der Waals surface area contributed by atoms with E-state index in [2.05, 4.69) is 42.5 Å². The normalized spacial score (nSPS) is 13.0. The highest BCUT2D eigenvalue weighted by Gasteiger charge is 2.11. The number of anilines is 1. The number of fused-ring (bicyclic) bond motifs is 1. The fraction of sp³-hybridized carbons (Fsp3) is 0.364. The lowest BCUT2D eigenvalue weighted by Gasteiger charge is -2.08. The third-order valence-electron chi connectivity index (χ3n) is 2.72. The van der Waals surface area contributed by atoms with E-state index in [0.29, 0.717) is 5.92 Å². The highest BCUT2D eigenvalue weighted by atomic mass is 32.1. The van der Waals surface area contributed by atoms with E-state index in [9.17, 15) is 0 Å². The molecule has 3 nitrogen and oxygen atoms in total. The Bertz CT molecular complexity index is 464. The van der Waals surface area contributed by atoms with Crippen molar-refractivity contribution in [1.82, 2.24) is 4.98 Å². The second-order valence-electron chi connectivity index (χ2n) is 3.67. The van der Waals surface area contributed by atoms with Crippen LogP contribution in [0.1, 0.15) is 31.7 Å². The van der Waals surface area contributed by atoms with Gasteiger partial charge in [-0.05, 0) is 24.0 Å². The van der Waals surface area contributed by atoms with Crippen LogP contribution < -0.4 is 11.3 Å². The standard InChI is InChI=1S/C11H15N3S/c1-3-7(2)8-5-4-6-9-10(8)13-11(14-12)15-9/h4-7H,3,12H2,1-2H3,(H,13,14)/t7-/m0/s1. The molecule has 0 spiro atoms. The Morgan fingerprint density at radius 1 is 1.53 bits per heavy atom. The van der Waals surface area contributed by atoms with Crippen molar-refractivity contribution in [2.75, 3.05) is 5.43 Å². The maximum atomic E-state index is 5.37. The van der Waals surface area contributed by atoms with Crippen LogP contribution >= 0.6 is 11.3 Å². The molecule has 0 saturated carbocycles. The summed E-state index contributed by atoms with van der Waals surface area (Å²) in [4.78, 5) is 4.48. The molecule has 0 amide bonds. The molecule has 15 heavy (non-hydrogen) atoms. The fourth-order valence-corrected chi connectivity index (χ4v) is 2.46. The molecule has 0 aliphatic carbocycles. The number of benzene rings is 1. The molecule has 1 heterocycles. The minimum absolute atomic E-state index is 0.543. The van der Waals surface area contributed by atoms with Gasteiger partial charge in [-0.25, -0.2) is 10.8 Å². The first-order valence-electron chi connectivity index (χ1n) is 5.12. The molecular formula is C11H15N3S. The molecule has 0 radical (unpaired) electrons. The summed E-state index contributed by atoms with van der Waals surface area (Å²) in [5, 5.41) is 0.778. The third-order valence-corrected chi connectivity index (χ3v) is 3.67. The van der Waals surface area contributed by atoms with Crippen molar-refractivity contribution in [2.45, 2.75) is 26.2 Å². The summed E-state index contributed by atoms with van der Waals surface area (Å²) < 4.78 is 1.20. The summed E-state index contributed by atoms with van der Waals surface area (Å²) in [7, 11) is 0. The van der Waals surface area contributed by atoms with E-state index in [1.54, 1.807) is 11.3 Å². The van der Waals surface area contributed by atoms with Crippen molar-refractivity contribution < 1.29 is 0 Å². The lowest BCUT2D eigenvalue weighted by atomic mass is 9.98. The highest BCUT2D eigenvalue weighted by Crippen LogP contribution is 2.32. The maximum absolute atomic E-state index is 5.37. The zero-order chi connectivity index (χ0) is 10.8. The number of para-hydroxylation sites is 1. The van der Waals surface area contributed by atoms with Gasteiger partial charge in [-0.2, -0.15) is 0 Å².